The van der Waals surface area contributed by atoms with Gasteiger partial charge in [0, 0.05) is 17.4 Å². The van der Waals surface area contributed by atoms with Crippen LogP contribution in [-0.2, 0) is 11.9 Å². The molecule has 3 nitrogen and oxygen atoms in total. The predicted octanol–water partition coefficient (Wildman–Crippen LogP) is 2.92. The highest BCUT2D eigenvalue weighted by Gasteiger charge is 2.10. The minimum Gasteiger partial charge on any atom is -0.267 e. The first kappa shape index (κ1) is 13.4. The van der Waals surface area contributed by atoms with E-state index in [9.17, 15) is 4.79 Å². The third-order valence-electron chi connectivity index (χ3n) is 2.34. The Balaban J connectivity index is 3.24. The third-order valence-corrected chi connectivity index (χ3v) is 2.95. The summed E-state index contributed by atoms with van der Waals surface area (Å²) in [5, 5.41) is 4.99. The molecule has 1 heterocycles. The number of hydrogen-bond acceptors (Lipinski definition) is 2. The summed E-state index contributed by atoms with van der Waals surface area (Å²) in [6, 6.07) is 1.90. The Hall–Kier alpha value is -0.640. The van der Waals surface area contributed by atoms with Crippen molar-refractivity contribution in [1.29, 1.82) is 0 Å². The molecule has 0 fully saturated rings. The molecule has 0 amide bonds. The normalized spacial score (nSPS) is 11.4. The van der Waals surface area contributed by atoms with E-state index in [0.29, 0.717) is 23.7 Å². The molecule has 90 valence electrons. The highest BCUT2D eigenvalue weighted by atomic mass is 79.9. The topological polar surface area (TPSA) is 34.9 Å². The molecule has 0 atom stereocenters. The van der Waals surface area contributed by atoms with Gasteiger partial charge in [0.25, 0.3) is 5.56 Å². The fraction of sp³-hybridized carbons (Fsp3) is 0.667. The van der Waals surface area contributed by atoms with E-state index in [1.54, 1.807) is 4.68 Å². The Kier molecular flexibility index (Phi) is 4.71. The average molecular weight is 287 g/mol. The fourth-order valence-electron chi connectivity index (χ4n) is 1.47. The van der Waals surface area contributed by atoms with Gasteiger partial charge in [-0.25, -0.2) is 4.68 Å². The molecule has 0 aliphatic rings. The number of rotatable bonds is 4. The van der Waals surface area contributed by atoms with Crippen LogP contribution in [0.25, 0.3) is 0 Å². The molecule has 1 rings (SSSR count). The van der Waals surface area contributed by atoms with Crippen LogP contribution in [0, 0.1) is 5.92 Å². The summed E-state index contributed by atoms with van der Waals surface area (Å²) in [7, 11) is 0. The molecule has 0 spiro atoms. The lowest BCUT2D eigenvalue weighted by Crippen LogP contribution is -2.29. The summed E-state index contributed by atoms with van der Waals surface area (Å²) in [4.78, 5) is 12.0. The van der Waals surface area contributed by atoms with E-state index < -0.39 is 0 Å². The number of aromatic nitrogens is 2. The molecule has 16 heavy (non-hydrogen) atoms. The monoisotopic (exact) mass is 286 g/mol. The summed E-state index contributed by atoms with van der Waals surface area (Å²) in [6.45, 7) is 9.03. The van der Waals surface area contributed by atoms with Crippen LogP contribution in [0.5, 0.6) is 0 Å². The van der Waals surface area contributed by atoms with Crippen molar-refractivity contribution in [2.75, 3.05) is 0 Å². The summed E-state index contributed by atoms with van der Waals surface area (Å²) < 4.78 is 1.59. The predicted molar refractivity (Wildman–Crippen MR) is 70.1 cm³/mol. The van der Waals surface area contributed by atoms with Gasteiger partial charge in [-0.2, -0.15) is 5.10 Å². The van der Waals surface area contributed by atoms with E-state index >= 15 is 0 Å². The standard InChI is InChI=1S/C12H19BrN2O/c1-8(2)7-15-12(16)10(6-13)5-11(14-15)9(3)4/h5,8-9H,6-7H2,1-4H3. The Morgan fingerprint density at radius 2 is 2.00 bits per heavy atom. The second kappa shape index (κ2) is 5.62. The number of alkyl halides is 1. The highest BCUT2D eigenvalue weighted by Crippen LogP contribution is 2.12. The SMILES string of the molecule is CC(C)Cn1nc(C(C)C)cc(CBr)c1=O. The smallest absolute Gasteiger partial charge is 0.267 e. The van der Waals surface area contributed by atoms with E-state index in [2.05, 4.69) is 48.7 Å². The van der Waals surface area contributed by atoms with E-state index in [4.69, 9.17) is 0 Å². The molecule has 0 N–H and O–H groups in total. The van der Waals surface area contributed by atoms with Crippen molar-refractivity contribution in [2.45, 2.75) is 45.5 Å². The van der Waals surface area contributed by atoms with Gasteiger partial charge in [-0.15, -0.1) is 0 Å². The Morgan fingerprint density at radius 3 is 2.44 bits per heavy atom. The largest absolute Gasteiger partial charge is 0.270 e. The summed E-state index contributed by atoms with van der Waals surface area (Å²) in [6.07, 6.45) is 0. The fourth-order valence-corrected chi connectivity index (χ4v) is 1.87. The van der Waals surface area contributed by atoms with Crippen LogP contribution < -0.4 is 5.56 Å². The molecule has 0 saturated carbocycles. The van der Waals surface area contributed by atoms with Crippen LogP contribution in [0.1, 0.15) is 44.9 Å². The second-order valence-corrected chi connectivity index (χ2v) is 5.32. The summed E-state index contributed by atoms with van der Waals surface area (Å²) in [5.41, 5.74) is 1.80. The first-order valence-corrected chi connectivity index (χ1v) is 6.74. The molecule has 1 aromatic rings. The van der Waals surface area contributed by atoms with Crippen molar-refractivity contribution in [2.24, 2.45) is 5.92 Å². The highest BCUT2D eigenvalue weighted by molar-refractivity contribution is 9.08. The van der Waals surface area contributed by atoms with Gasteiger partial charge in [0.15, 0.2) is 0 Å². The van der Waals surface area contributed by atoms with Gasteiger partial charge in [-0.1, -0.05) is 43.6 Å². The first-order valence-electron chi connectivity index (χ1n) is 5.62. The van der Waals surface area contributed by atoms with Gasteiger partial charge >= 0.3 is 0 Å². The van der Waals surface area contributed by atoms with Crippen molar-refractivity contribution in [3.8, 4) is 0 Å². The Bertz CT molecular complexity index is 410. The van der Waals surface area contributed by atoms with Crippen LogP contribution in [-0.4, -0.2) is 9.78 Å². The van der Waals surface area contributed by atoms with Crippen LogP contribution >= 0.6 is 15.9 Å². The summed E-state index contributed by atoms with van der Waals surface area (Å²) >= 11 is 3.35. The van der Waals surface area contributed by atoms with Crippen LogP contribution in [0.4, 0.5) is 0 Å². The molecule has 0 radical (unpaired) electrons. The van der Waals surface area contributed by atoms with Gasteiger partial charge < -0.3 is 0 Å². The molecule has 0 aliphatic carbocycles. The van der Waals surface area contributed by atoms with Crippen LogP contribution in [0.15, 0.2) is 10.9 Å². The Labute approximate surface area is 105 Å². The number of hydrogen-bond donors (Lipinski definition) is 0. The van der Waals surface area contributed by atoms with Gasteiger partial charge in [-0.05, 0) is 17.9 Å². The maximum Gasteiger partial charge on any atom is 0.270 e. The zero-order valence-corrected chi connectivity index (χ0v) is 11.9. The average Bonchev–Trinajstić information content (AvgIpc) is 2.20. The Morgan fingerprint density at radius 1 is 1.38 bits per heavy atom. The minimum absolute atomic E-state index is 0.0231. The van der Waals surface area contributed by atoms with Gasteiger partial charge in [0.1, 0.15) is 0 Å². The third kappa shape index (κ3) is 3.17. The molecular formula is C12H19BrN2O. The van der Waals surface area contributed by atoms with Gasteiger partial charge in [-0.3, -0.25) is 4.79 Å². The van der Waals surface area contributed by atoms with Crippen molar-refractivity contribution >= 4 is 15.9 Å². The molecule has 0 aliphatic heterocycles. The molecule has 1 aromatic heterocycles. The lowest BCUT2D eigenvalue weighted by Gasteiger charge is -2.13. The first-order chi connectivity index (χ1) is 7.45. The number of nitrogens with zero attached hydrogens (tertiary/aromatic N) is 2. The van der Waals surface area contributed by atoms with E-state index in [1.807, 2.05) is 6.07 Å². The van der Waals surface area contributed by atoms with Crippen molar-refractivity contribution < 1.29 is 0 Å². The van der Waals surface area contributed by atoms with Crippen molar-refractivity contribution in [3.63, 3.8) is 0 Å². The zero-order valence-electron chi connectivity index (χ0n) is 10.3. The minimum atomic E-state index is 0.0231. The molecule has 0 unspecified atom stereocenters. The maximum absolute atomic E-state index is 12.0. The summed E-state index contributed by atoms with van der Waals surface area (Å²) in [5.74, 6) is 0.771. The second-order valence-electron chi connectivity index (χ2n) is 4.76. The molecule has 0 aromatic carbocycles. The molecular weight excluding hydrogens is 268 g/mol. The lowest BCUT2D eigenvalue weighted by molar-refractivity contribution is 0.453. The maximum atomic E-state index is 12.0. The lowest BCUT2D eigenvalue weighted by atomic mass is 10.1. The van der Waals surface area contributed by atoms with Crippen LogP contribution in [0.2, 0.25) is 0 Å². The number of halogens is 1. The quantitative estimate of drug-likeness (QED) is 0.798. The van der Waals surface area contributed by atoms with E-state index in [0.717, 1.165) is 11.3 Å². The molecule has 0 saturated heterocycles. The van der Waals surface area contributed by atoms with Gasteiger partial charge in [0.2, 0.25) is 0 Å². The van der Waals surface area contributed by atoms with E-state index in [-0.39, 0.29) is 5.56 Å². The molecule has 0 bridgehead atoms. The molecule has 4 heteroatoms. The van der Waals surface area contributed by atoms with Crippen LogP contribution in [0.3, 0.4) is 0 Å². The van der Waals surface area contributed by atoms with E-state index in [1.165, 1.54) is 0 Å². The zero-order chi connectivity index (χ0) is 12.3. The van der Waals surface area contributed by atoms with Crippen molar-refractivity contribution in [1.82, 2.24) is 9.78 Å². The van der Waals surface area contributed by atoms with Gasteiger partial charge in [0.05, 0.1) is 5.69 Å². The van der Waals surface area contributed by atoms with Crippen molar-refractivity contribution in [3.05, 3.63) is 27.7 Å².